The van der Waals surface area contributed by atoms with Gasteiger partial charge < -0.3 is 15.2 Å². The zero-order valence-corrected chi connectivity index (χ0v) is 12.6. The van der Waals surface area contributed by atoms with Crippen LogP contribution in [0.5, 0.6) is 5.75 Å². The average molecular weight is 337 g/mol. The quantitative estimate of drug-likeness (QED) is 0.806. The Balaban J connectivity index is 1.94. The summed E-state index contributed by atoms with van der Waals surface area (Å²) in [5.41, 5.74) is 4.75. The number of ether oxygens (including phenoxy) is 2. The summed E-state index contributed by atoms with van der Waals surface area (Å²) in [6.07, 6.45) is 0. The van der Waals surface area contributed by atoms with Crippen molar-refractivity contribution >= 4 is 40.3 Å². The molecule has 0 bridgehead atoms. The van der Waals surface area contributed by atoms with Crippen LogP contribution in [0.3, 0.4) is 0 Å². The zero-order chi connectivity index (χ0) is 16.8. The number of nitrogens with two attached hydrogens (primary N) is 1. The maximum atomic E-state index is 11.5. The van der Waals surface area contributed by atoms with Gasteiger partial charge in [-0.3, -0.25) is 10.1 Å². The van der Waals surface area contributed by atoms with Crippen molar-refractivity contribution in [3.8, 4) is 5.75 Å². The number of amides is 3. The first-order valence-corrected chi connectivity index (χ1v) is 6.90. The summed E-state index contributed by atoms with van der Waals surface area (Å²) < 4.78 is 10.0. The predicted octanol–water partition coefficient (Wildman–Crippen LogP) is 1.61. The van der Waals surface area contributed by atoms with Crippen molar-refractivity contribution in [1.29, 1.82) is 0 Å². The van der Waals surface area contributed by atoms with Gasteiger partial charge in [-0.2, -0.15) is 0 Å². The molecule has 2 aromatic carbocycles. The normalized spacial score (nSPS) is 10.1. The number of nitrogens with one attached hydrogen (secondary N) is 1. The molecule has 0 fully saturated rings. The van der Waals surface area contributed by atoms with Crippen molar-refractivity contribution in [3.05, 3.63) is 41.4 Å². The van der Waals surface area contributed by atoms with Gasteiger partial charge in [0, 0.05) is 15.8 Å². The highest BCUT2D eigenvalue weighted by Gasteiger charge is 2.11. The molecule has 2 aromatic rings. The fraction of sp³-hybridized carbons (Fsp3) is 0.133. The molecule has 23 heavy (non-hydrogen) atoms. The van der Waals surface area contributed by atoms with Gasteiger partial charge in [0.15, 0.2) is 13.2 Å². The summed E-state index contributed by atoms with van der Waals surface area (Å²) in [6.45, 7) is -1.01. The van der Waals surface area contributed by atoms with Crippen LogP contribution in [0, 0.1) is 0 Å². The Bertz CT molecular complexity index is 763. The second kappa shape index (κ2) is 7.46. The van der Waals surface area contributed by atoms with Crippen molar-refractivity contribution in [2.45, 2.75) is 0 Å². The van der Waals surface area contributed by atoms with E-state index >= 15 is 0 Å². The number of fused-ring (bicyclic) bond motifs is 1. The minimum atomic E-state index is -1.02. The SMILES string of the molecule is NC(=O)NC(=O)COC(=O)COc1ccc(Cl)c2ccccc12. The third-order valence-electron chi connectivity index (χ3n) is 2.80. The van der Waals surface area contributed by atoms with Gasteiger partial charge in [0.25, 0.3) is 5.91 Å². The van der Waals surface area contributed by atoms with Gasteiger partial charge >= 0.3 is 12.0 Å². The minimum Gasteiger partial charge on any atom is -0.481 e. The molecule has 0 aliphatic carbocycles. The van der Waals surface area contributed by atoms with Crippen LogP contribution in [0.4, 0.5) is 4.79 Å². The lowest BCUT2D eigenvalue weighted by molar-refractivity contribution is -0.150. The standard InChI is InChI=1S/C15H13ClN2O5/c16-11-5-6-12(10-4-2-1-3-9(10)11)22-8-14(20)23-7-13(19)18-15(17)21/h1-6H,7-8H2,(H3,17,18,19,21). The van der Waals surface area contributed by atoms with E-state index in [0.717, 1.165) is 10.8 Å². The van der Waals surface area contributed by atoms with Gasteiger partial charge in [0.2, 0.25) is 0 Å². The summed E-state index contributed by atoms with van der Waals surface area (Å²) in [5, 5.41) is 3.88. The molecule has 0 aliphatic rings. The molecule has 3 amide bonds. The van der Waals surface area contributed by atoms with Gasteiger partial charge in [-0.15, -0.1) is 0 Å². The first-order chi connectivity index (χ1) is 11.0. The fourth-order valence-electron chi connectivity index (χ4n) is 1.86. The number of benzene rings is 2. The van der Waals surface area contributed by atoms with E-state index in [9.17, 15) is 14.4 Å². The van der Waals surface area contributed by atoms with Crippen LogP contribution >= 0.6 is 11.6 Å². The van der Waals surface area contributed by atoms with Gasteiger partial charge in [0.1, 0.15) is 5.75 Å². The number of imide groups is 1. The summed E-state index contributed by atoms with van der Waals surface area (Å²) in [5.74, 6) is -1.12. The number of hydrogen-bond acceptors (Lipinski definition) is 5. The van der Waals surface area contributed by atoms with Crippen LogP contribution < -0.4 is 15.8 Å². The molecule has 7 nitrogen and oxygen atoms in total. The highest BCUT2D eigenvalue weighted by Crippen LogP contribution is 2.31. The highest BCUT2D eigenvalue weighted by atomic mass is 35.5. The van der Waals surface area contributed by atoms with E-state index in [1.165, 1.54) is 0 Å². The molecule has 0 saturated heterocycles. The molecule has 0 aliphatic heterocycles. The van der Waals surface area contributed by atoms with Crippen LogP contribution in [0.25, 0.3) is 10.8 Å². The largest absolute Gasteiger partial charge is 0.481 e. The van der Waals surface area contributed by atoms with Crippen LogP contribution in [0.15, 0.2) is 36.4 Å². The molecule has 8 heteroatoms. The predicted molar refractivity (Wildman–Crippen MR) is 83.1 cm³/mol. The Morgan fingerprint density at radius 3 is 2.43 bits per heavy atom. The van der Waals surface area contributed by atoms with Crippen molar-refractivity contribution in [3.63, 3.8) is 0 Å². The number of primary amides is 1. The molecule has 3 N–H and O–H groups in total. The van der Waals surface area contributed by atoms with E-state index in [0.29, 0.717) is 10.8 Å². The summed E-state index contributed by atoms with van der Waals surface area (Å²) in [6, 6.07) is 9.57. The van der Waals surface area contributed by atoms with Gasteiger partial charge in [-0.05, 0) is 12.1 Å². The molecule has 2 rings (SSSR count). The van der Waals surface area contributed by atoms with Crippen LogP contribution in [-0.4, -0.2) is 31.1 Å². The number of hydrogen-bond donors (Lipinski definition) is 2. The molecule has 0 radical (unpaired) electrons. The number of esters is 1. The lowest BCUT2D eigenvalue weighted by Crippen LogP contribution is -2.38. The maximum absolute atomic E-state index is 11.5. The van der Waals surface area contributed by atoms with Gasteiger partial charge in [0.05, 0.1) is 0 Å². The van der Waals surface area contributed by atoms with E-state index in [1.807, 2.05) is 24.3 Å². The molecule has 0 unspecified atom stereocenters. The minimum absolute atomic E-state index is 0.393. The first-order valence-electron chi connectivity index (χ1n) is 6.52. The molecule has 0 atom stereocenters. The molecular formula is C15H13ClN2O5. The Hall–Kier alpha value is -2.80. The van der Waals surface area contributed by atoms with Crippen molar-refractivity contribution in [2.24, 2.45) is 5.73 Å². The van der Waals surface area contributed by atoms with Crippen LogP contribution in [0.2, 0.25) is 5.02 Å². The third-order valence-corrected chi connectivity index (χ3v) is 3.13. The number of carbonyl (C=O) groups is 3. The Morgan fingerprint density at radius 2 is 1.74 bits per heavy atom. The number of halogens is 1. The van der Waals surface area contributed by atoms with Crippen molar-refractivity contribution in [2.75, 3.05) is 13.2 Å². The maximum Gasteiger partial charge on any atom is 0.344 e. The van der Waals surface area contributed by atoms with Gasteiger partial charge in [-0.1, -0.05) is 35.9 Å². The monoisotopic (exact) mass is 336 g/mol. The summed E-state index contributed by atoms with van der Waals surface area (Å²) >= 11 is 6.09. The smallest absolute Gasteiger partial charge is 0.344 e. The second-order valence-electron chi connectivity index (χ2n) is 4.45. The fourth-order valence-corrected chi connectivity index (χ4v) is 2.09. The highest BCUT2D eigenvalue weighted by molar-refractivity contribution is 6.35. The Kier molecular flexibility index (Phi) is 5.37. The van der Waals surface area contributed by atoms with E-state index in [-0.39, 0.29) is 0 Å². The van der Waals surface area contributed by atoms with E-state index < -0.39 is 31.1 Å². The van der Waals surface area contributed by atoms with Crippen LogP contribution in [-0.2, 0) is 14.3 Å². The third kappa shape index (κ3) is 4.58. The second-order valence-corrected chi connectivity index (χ2v) is 4.86. The number of urea groups is 1. The number of rotatable bonds is 5. The molecule has 0 spiro atoms. The van der Waals surface area contributed by atoms with E-state index in [1.54, 1.807) is 17.4 Å². The topological polar surface area (TPSA) is 108 Å². The van der Waals surface area contributed by atoms with Crippen LogP contribution in [0.1, 0.15) is 0 Å². The van der Waals surface area contributed by atoms with Crippen molar-refractivity contribution in [1.82, 2.24) is 5.32 Å². The average Bonchev–Trinajstić information content (AvgIpc) is 2.52. The van der Waals surface area contributed by atoms with Crippen molar-refractivity contribution < 1.29 is 23.9 Å². The Labute approximate surface area is 136 Å². The first kappa shape index (κ1) is 16.6. The zero-order valence-electron chi connectivity index (χ0n) is 11.9. The lowest BCUT2D eigenvalue weighted by atomic mass is 10.1. The number of carbonyl (C=O) groups excluding carboxylic acids is 3. The molecule has 0 saturated carbocycles. The summed E-state index contributed by atoms with van der Waals surface area (Å²) in [7, 11) is 0. The van der Waals surface area contributed by atoms with Gasteiger partial charge in [-0.25, -0.2) is 9.59 Å². The molecule has 0 heterocycles. The molecular weight excluding hydrogens is 324 g/mol. The molecule has 0 aromatic heterocycles. The lowest BCUT2D eigenvalue weighted by Gasteiger charge is -2.10. The van der Waals surface area contributed by atoms with E-state index in [2.05, 4.69) is 4.74 Å². The summed E-state index contributed by atoms with van der Waals surface area (Å²) in [4.78, 5) is 33.1. The Morgan fingerprint density at radius 1 is 1.04 bits per heavy atom. The molecule has 120 valence electrons. The van der Waals surface area contributed by atoms with E-state index in [4.69, 9.17) is 22.1 Å².